The van der Waals surface area contributed by atoms with Gasteiger partial charge in [0.25, 0.3) is 6.26 Å². The quantitative estimate of drug-likeness (QED) is 0.551. The number of benzene rings is 1. The molecule has 144 valence electrons. The van der Waals surface area contributed by atoms with Gasteiger partial charge in [0.15, 0.2) is 0 Å². The molecule has 5 aliphatic carbocycles. The minimum atomic E-state index is 0.359. The summed E-state index contributed by atoms with van der Waals surface area (Å²) < 4.78 is 5.41. The van der Waals surface area contributed by atoms with Gasteiger partial charge in [-0.3, -0.25) is 0 Å². The minimum Gasteiger partial charge on any atom is -0.388 e. The predicted octanol–water partition coefficient (Wildman–Crippen LogP) is 6.84. The Bertz CT molecular complexity index is 766. The summed E-state index contributed by atoms with van der Waals surface area (Å²) in [4.78, 5) is 0. The topological polar surface area (TPSA) is 33.0 Å². The lowest BCUT2D eigenvalue weighted by molar-refractivity contribution is -0.110. The molecule has 2 nitrogen and oxygen atoms in total. The van der Waals surface area contributed by atoms with Gasteiger partial charge >= 0.3 is 0 Å². The predicted molar refractivity (Wildman–Crippen MR) is 108 cm³/mol. The highest BCUT2D eigenvalue weighted by Crippen LogP contribution is 2.70. The lowest BCUT2D eigenvalue weighted by Crippen LogP contribution is -2.56. The second-order valence-electron chi connectivity index (χ2n) is 11.2. The summed E-state index contributed by atoms with van der Waals surface area (Å²) in [5, 5.41) is 9.14. The number of hydrogen-bond donors (Lipinski definition) is 0. The second kappa shape index (κ2) is 6.00. The third kappa shape index (κ3) is 2.89. The van der Waals surface area contributed by atoms with Crippen molar-refractivity contribution >= 4 is 0 Å². The maximum Gasteiger partial charge on any atom is 0.292 e. The lowest BCUT2D eigenvalue weighted by Gasteiger charge is -2.65. The first-order valence-corrected chi connectivity index (χ1v) is 11.1. The highest BCUT2D eigenvalue weighted by Gasteiger charge is 2.60. The average molecular weight is 364 g/mol. The molecule has 0 saturated heterocycles. The summed E-state index contributed by atoms with van der Waals surface area (Å²) in [5.74, 6) is 2.29. The van der Waals surface area contributed by atoms with Gasteiger partial charge in [0.2, 0.25) is 0 Å². The molecule has 5 fully saturated rings. The molecular formula is C25H33NO. The van der Waals surface area contributed by atoms with Gasteiger partial charge in [-0.2, -0.15) is 0 Å². The second-order valence-corrected chi connectivity index (χ2v) is 11.2. The molecule has 2 atom stereocenters. The fourth-order valence-corrected chi connectivity index (χ4v) is 8.52. The Kier molecular flexibility index (Phi) is 3.91. The summed E-state index contributed by atoms with van der Waals surface area (Å²) in [6, 6.07) is 6.90. The van der Waals surface area contributed by atoms with E-state index in [4.69, 9.17) is 10.00 Å². The largest absolute Gasteiger partial charge is 0.388 e. The van der Waals surface area contributed by atoms with Crippen molar-refractivity contribution < 1.29 is 4.74 Å². The van der Waals surface area contributed by atoms with E-state index in [1.165, 1.54) is 76.2 Å². The van der Waals surface area contributed by atoms with Crippen molar-refractivity contribution in [3.8, 4) is 12.0 Å². The van der Waals surface area contributed by atoms with Gasteiger partial charge in [-0.1, -0.05) is 45.2 Å². The van der Waals surface area contributed by atoms with E-state index < -0.39 is 0 Å². The molecular weight excluding hydrogens is 330 g/mol. The molecule has 4 bridgehead atoms. The number of ether oxygens (including phenoxy) is 1. The molecule has 0 radical (unpaired) electrons. The molecule has 5 saturated carbocycles. The Hall–Kier alpha value is -1.49. The van der Waals surface area contributed by atoms with Crippen LogP contribution in [0.15, 0.2) is 18.2 Å². The van der Waals surface area contributed by atoms with Gasteiger partial charge in [0.1, 0.15) is 5.75 Å². The van der Waals surface area contributed by atoms with E-state index in [1.807, 2.05) is 6.26 Å². The molecule has 5 aliphatic rings. The molecule has 2 heteroatoms. The average Bonchev–Trinajstić information content (AvgIpc) is 2.60. The Balaban J connectivity index is 1.56. The summed E-state index contributed by atoms with van der Waals surface area (Å²) >= 11 is 0. The van der Waals surface area contributed by atoms with Crippen molar-refractivity contribution in [3.05, 3.63) is 29.3 Å². The third-order valence-electron chi connectivity index (χ3n) is 8.45. The van der Waals surface area contributed by atoms with Gasteiger partial charge in [-0.05, 0) is 96.6 Å². The number of rotatable bonds is 3. The zero-order valence-corrected chi connectivity index (χ0v) is 17.0. The van der Waals surface area contributed by atoms with Crippen LogP contribution in [0.1, 0.15) is 102 Å². The molecule has 27 heavy (non-hydrogen) atoms. The molecule has 1 aromatic rings. The number of nitriles is 1. The summed E-state index contributed by atoms with van der Waals surface area (Å²) in [5.41, 5.74) is 4.29. The zero-order chi connectivity index (χ0) is 18.7. The maximum atomic E-state index is 9.14. The van der Waals surface area contributed by atoms with Crippen LogP contribution in [-0.4, -0.2) is 0 Å². The number of nitrogens with zero attached hydrogens (tertiary/aromatic N) is 1. The Morgan fingerprint density at radius 2 is 1.67 bits per heavy atom. The van der Waals surface area contributed by atoms with E-state index in [9.17, 15) is 0 Å². The van der Waals surface area contributed by atoms with Crippen LogP contribution in [0, 0.1) is 28.3 Å². The van der Waals surface area contributed by atoms with Crippen molar-refractivity contribution in [3.63, 3.8) is 0 Å². The third-order valence-corrected chi connectivity index (χ3v) is 8.45. The molecule has 2 unspecified atom stereocenters. The van der Waals surface area contributed by atoms with Gasteiger partial charge in [0.05, 0.1) is 0 Å². The molecule has 1 aromatic carbocycles. The Morgan fingerprint density at radius 3 is 2.30 bits per heavy atom. The van der Waals surface area contributed by atoms with Crippen molar-refractivity contribution in [2.75, 3.05) is 0 Å². The van der Waals surface area contributed by atoms with Crippen LogP contribution in [0.5, 0.6) is 5.75 Å². The summed E-state index contributed by atoms with van der Waals surface area (Å²) in [6.07, 6.45) is 16.8. The first-order chi connectivity index (χ1) is 12.9. The van der Waals surface area contributed by atoms with Crippen molar-refractivity contribution in [2.45, 2.75) is 95.8 Å². The van der Waals surface area contributed by atoms with Crippen molar-refractivity contribution in [2.24, 2.45) is 16.7 Å². The summed E-state index contributed by atoms with van der Waals surface area (Å²) in [7, 11) is 0. The highest BCUT2D eigenvalue weighted by atomic mass is 16.5. The van der Waals surface area contributed by atoms with Crippen LogP contribution in [0.4, 0.5) is 0 Å². The molecule has 0 spiro atoms. The molecule has 0 aliphatic heterocycles. The van der Waals surface area contributed by atoms with Crippen LogP contribution >= 0.6 is 0 Å². The molecule has 6 rings (SSSR count). The standard InChI is InChI=1S/C25H33NO/c1-23-11-18-12-24(2,14-23)16-25(13-18,15-23)20-8-9-22(27-17-26)21(10-20)19-6-4-3-5-7-19/h8-10,18-19H,3-7,11-16H2,1-2H3. The van der Waals surface area contributed by atoms with E-state index >= 15 is 0 Å². The van der Waals surface area contributed by atoms with Gasteiger partial charge in [0, 0.05) is 0 Å². The van der Waals surface area contributed by atoms with Crippen LogP contribution < -0.4 is 4.74 Å². The van der Waals surface area contributed by atoms with Gasteiger partial charge in [-0.15, -0.1) is 5.26 Å². The van der Waals surface area contributed by atoms with Gasteiger partial charge < -0.3 is 4.74 Å². The normalized spacial score (nSPS) is 40.7. The van der Waals surface area contributed by atoms with Crippen molar-refractivity contribution in [1.29, 1.82) is 5.26 Å². The summed E-state index contributed by atoms with van der Waals surface area (Å²) in [6.45, 7) is 5.11. The first kappa shape index (κ1) is 17.6. The Morgan fingerprint density at radius 1 is 0.963 bits per heavy atom. The van der Waals surface area contributed by atoms with E-state index in [1.54, 1.807) is 5.56 Å². The van der Waals surface area contributed by atoms with Crippen LogP contribution in [0.25, 0.3) is 0 Å². The Labute approximate surface area is 164 Å². The zero-order valence-electron chi connectivity index (χ0n) is 17.0. The van der Waals surface area contributed by atoms with Crippen LogP contribution in [0.3, 0.4) is 0 Å². The smallest absolute Gasteiger partial charge is 0.292 e. The molecule has 0 amide bonds. The highest BCUT2D eigenvalue weighted by molar-refractivity contribution is 5.44. The van der Waals surface area contributed by atoms with E-state index in [0.717, 1.165) is 11.7 Å². The van der Waals surface area contributed by atoms with E-state index in [2.05, 4.69) is 32.0 Å². The van der Waals surface area contributed by atoms with Crippen LogP contribution in [0.2, 0.25) is 0 Å². The maximum absolute atomic E-state index is 9.14. The fraction of sp³-hybridized carbons (Fsp3) is 0.720. The van der Waals surface area contributed by atoms with Crippen LogP contribution in [-0.2, 0) is 5.41 Å². The monoisotopic (exact) mass is 363 g/mol. The van der Waals surface area contributed by atoms with E-state index in [0.29, 0.717) is 22.2 Å². The molecule has 0 heterocycles. The number of hydrogen-bond acceptors (Lipinski definition) is 2. The van der Waals surface area contributed by atoms with Gasteiger partial charge in [-0.25, -0.2) is 0 Å². The minimum absolute atomic E-state index is 0.359. The first-order valence-electron chi connectivity index (χ1n) is 11.1. The van der Waals surface area contributed by atoms with E-state index in [-0.39, 0.29) is 0 Å². The SMILES string of the molecule is CC12CC3CC(C)(C1)CC(c1ccc(OC#N)c(C4CCCCC4)c1)(C3)C2. The fourth-order valence-electron chi connectivity index (χ4n) is 8.52. The molecule has 0 N–H and O–H groups in total. The molecule has 0 aromatic heterocycles. The van der Waals surface area contributed by atoms with Crippen molar-refractivity contribution in [1.82, 2.24) is 0 Å². The lowest BCUT2D eigenvalue weighted by atomic mass is 9.39.